The van der Waals surface area contributed by atoms with Crippen molar-refractivity contribution >= 4 is 23.2 Å². The average molecular weight is 257 g/mol. The van der Waals surface area contributed by atoms with Crippen LogP contribution in [-0.4, -0.2) is 23.9 Å². The van der Waals surface area contributed by atoms with E-state index in [1.807, 2.05) is 49.2 Å². The maximum Gasteiger partial charge on any atom is 0.133 e. The molecule has 0 saturated carbocycles. The van der Waals surface area contributed by atoms with E-state index >= 15 is 0 Å². The summed E-state index contributed by atoms with van der Waals surface area (Å²) in [6, 6.07) is 9.85. The quantitative estimate of drug-likeness (QED) is 0.772. The van der Waals surface area contributed by atoms with Crippen molar-refractivity contribution < 1.29 is 0 Å². The number of nitrogens with zero attached hydrogens (tertiary/aromatic N) is 2. The number of hydrogen-bond donors (Lipinski definition) is 0. The lowest BCUT2D eigenvalue weighted by molar-refractivity contribution is 0.269. The smallest absolute Gasteiger partial charge is 0.133 e. The summed E-state index contributed by atoms with van der Waals surface area (Å²) < 4.78 is 0. The number of alkyl halides is 1. The van der Waals surface area contributed by atoms with Crippen LogP contribution in [0.25, 0.3) is 0 Å². The van der Waals surface area contributed by atoms with Crippen molar-refractivity contribution in [3.05, 3.63) is 34.9 Å². The van der Waals surface area contributed by atoms with Gasteiger partial charge < -0.3 is 0 Å². The first-order chi connectivity index (χ1) is 7.56. The van der Waals surface area contributed by atoms with Crippen LogP contribution < -0.4 is 0 Å². The molecule has 0 bridgehead atoms. The summed E-state index contributed by atoms with van der Waals surface area (Å²) in [6.45, 7) is 2.56. The van der Waals surface area contributed by atoms with Gasteiger partial charge >= 0.3 is 0 Å². The molecule has 0 fully saturated rings. The lowest BCUT2D eigenvalue weighted by Crippen LogP contribution is -2.28. The molecule has 4 heteroatoms. The van der Waals surface area contributed by atoms with Gasteiger partial charge in [0, 0.05) is 17.6 Å². The van der Waals surface area contributed by atoms with Crippen LogP contribution in [0, 0.1) is 11.3 Å². The Kier molecular flexibility index (Phi) is 5.08. The van der Waals surface area contributed by atoms with Gasteiger partial charge in [0.2, 0.25) is 0 Å². The van der Waals surface area contributed by atoms with E-state index in [0.29, 0.717) is 6.54 Å². The van der Waals surface area contributed by atoms with E-state index in [-0.39, 0.29) is 6.04 Å². The summed E-state index contributed by atoms with van der Waals surface area (Å²) in [4.78, 5) is 2.02. The molecule has 0 heterocycles. The predicted molar refractivity (Wildman–Crippen MR) is 67.8 cm³/mol. The Morgan fingerprint density at radius 2 is 2.06 bits per heavy atom. The SMILES string of the molecule is CC(c1ccccc1Cl)N(C)CC(Cl)C#N. The Bertz CT molecular complexity index is 387. The fourth-order valence-corrected chi connectivity index (χ4v) is 2.01. The summed E-state index contributed by atoms with van der Waals surface area (Å²) in [5.41, 5.74) is 1.05. The fourth-order valence-electron chi connectivity index (χ4n) is 1.50. The van der Waals surface area contributed by atoms with Crippen LogP contribution in [-0.2, 0) is 0 Å². The molecule has 0 aliphatic carbocycles. The highest BCUT2D eigenvalue weighted by Gasteiger charge is 2.16. The van der Waals surface area contributed by atoms with Crippen molar-refractivity contribution in [2.75, 3.05) is 13.6 Å². The van der Waals surface area contributed by atoms with Gasteiger partial charge in [-0.15, -0.1) is 11.6 Å². The second-order valence-corrected chi connectivity index (χ2v) is 4.67. The molecular formula is C12H14Cl2N2. The largest absolute Gasteiger partial charge is 0.297 e. The van der Waals surface area contributed by atoms with E-state index in [0.717, 1.165) is 10.6 Å². The molecular weight excluding hydrogens is 243 g/mol. The highest BCUT2D eigenvalue weighted by atomic mass is 35.5. The summed E-state index contributed by atoms with van der Waals surface area (Å²) >= 11 is 11.9. The zero-order chi connectivity index (χ0) is 12.1. The van der Waals surface area contributed by atoms with Crippen LogP contribution in [0.5, 0.6) is 0 Å². The molecule has 86 valence electrons. The van der Waals surface area contributed by atoms with Crippen molar-refractivity contribution in [2.24, 2.45) is 0 Å². The average Bonchev–Trinajstić information content (AvgIpc) is 2.28. The molecule has 2 nitrogen and oxygen atoms in total. The third-order valence-electron chi connectivity index (χ3n) is 2.60. The lowest BCUT2D eigenvalue weighted by atomic mass is 10.1. The Hall–Kier alpha value is -0.750. The third kappa shape index (κ3) is 3.38. The Morgan fingerprint density at radius 1 is 1.44 bits per heavy atom. The van der Waals surface area contributed by atoms with Gasteiger partial charge in [0.25, 0.3) is 0 Å². The van der Waals surface area contributed by atoms with Crippen LogP contribution in [0.3, 0.4) is 0 Å². The number of benzene rings is 1. The third-order valence-corrected chi connectivity index (χ3v) is 3.18. The number of hydrogen-bond acceptors (Lipinski definition) is 2. The molecule has 2 unspecified atom stereocenters. The fraction of sp³-hybridized carbons (Fsp3) is 0.417. The molecule has 2 atom stereocenters. The van der Waals surface area contributed by atoms with Crippen LogP contribution in [0.4, 0.5) is 0 Å². The first-order valence-electron chi connectivity index (χ1n) is 5.04. The Morgan fingerprint density at radius 3 is 2.62 bits per heavy atom. The van der Waals surface area contributed by atoms with E-state index in [9.17, 15) is 0 Å². The molecule has 0 aliphatic heterocycles. The maximum absolute atomic E-state index is 8.66. The Labute approximate surface area is 106 Å². The van der Waals surface area contributed by atoms with Crippen molar-refractivity contribution in [3.8, 4) is 6.07 Å². The Balaban J connectivity index is 2.75. The van der Waals surface area contributed by atoms with Crippen molar-refractivity contribution in [3.63, 3.8) is 0 Å². The second-order valence-electron chi connectivity index (χ2n) is 3.73. The van der Waals surface area contributed by atoms with E-state index in [2.05, 4.69) is 0 Å². The first-order valence-corrected chi connectivity index (χ1v) is 5.86. The highest BCUT2D eigenvalue weighted by Crippen LogP contribution is 2.26. The molecule has 0 spiro atoms. The van der Waals surface area contributed by atoms with Gasteiger partial charge in [-0.1, -0.05) is 29.8 Å². The minimum absolute atomic E-state index is 0.142. The lowest BCUT2D eigenvalue weighted by Gasteiger charge is -2.26. The minimum atomic E-state index is -0.491. The van der Waals surface area contributed by atoms with Crippen LogP contribution in [0.15, 0.2) is 24.3 Å². The van der Waals surface area contributed by atoms with E-state index in [1.165, 1.54) is 0 Å². The number of rotatable bonds is 4. The van der Waals surface area contributed by atoms with Crippen molar-refractivity contribution in [1.29, 1.82) is 5.26 Å². The molecule has 0 amide bonds. The van der Waals surface area contributed by atoms with Crippen LogP contribution >= 0.6 is 23.2 Å². The molecule has 0 radical (unpaired) electrons. The van der Waals surface area contributed by atoms with Crippen LogP contribution in [0.1, 0.15) is 18.5 Å². The normalized spacial score (nSPS) is 14.5. The molecule has 0 aromatic heterocycles. The van der Waals surface area contributed by atoms with Crippen molar-refractivity contribution in [1.82, 2.24) is 4.90 Å². The van der Waals surface area contributed by atoms with Gasteiger partial charge in [0.15, 0.2) is 0 Å². The molecule has 0 N–H and O–H groups in total. The minimum Gasteiger partial charge on any atom is -0.297 e. The maximum atomic E-state index is 8.66. The van der Waals surface area contributed by atoms with Gasteiger partial charge in [-0.05, 0) is 25.6 Å². The predicted octanol–water partition coefficient (Wildman–Crippen LogP) is 3.46. The zero-order valence-corrected chi connectivity index (χ0v) is 10.8. The monoisotopic (exact) mass is 256 g/mol. The summed E-state index contributed by atoms with van der Waals surface area (Å²) in [5.74, 6) is 0. The van der Waals surface area contributed by atoms with E-state index in [4.69, 9.17) is 28.5 Å². The summed E-state index contributed by atoms with van der Waals surface area (Å²) in [6.07, 6.45) is 0. The molecule has 0 aliphatic rings. The van der Waals surface area contributed by atoms with Gasteiger partial charge in [0.1, 0.15) is 5.38 Å². The highest BCUT2D eigenvalue weighted by molar-refractivity contribution is 6.31. The second kappa shape index (κ2) is 6.10. The van der Waals surface area contributed by atoms with Crippen LogP contribution in [0.2, 0.25) is 5.02 Å². The first kappa shape index (κ1) is 13.3. The molecule has 16 heavy (non-hydrogen) atoms. The van der Waals surface area contributed by atoms with E-state index in [1.54, 1.807) is 0 Å². The van der Waals surface area contributed by atoms with Gasteiger partial charge in [0.05, 0.1) is 6.07 Å². The summed E-state index contributed by atoms with van der Waals surface area (Å²) in [7, 11) is 1.93. The molecule has 1 rings (SSSR count). The van der Waals surface area contributed by atoms with Gasteiger partial charge in [-0.2, -0.15) is 5.26 Å². The molecule has 1 aromatic carbocycles. The zero-order valence-electron chi connectivity index (χ0n) is 9.32. The van der Waals surface area contributed by atoms with E-state index < -0.39 is 5.38 Å². The van der Waals surface area contributed by atoms with Gasteiger partial charge in [-0.25, -0.2) is 0 Å². The topological polar surface area (TPSA) is 27.0 Å². The van der Waals surface area contributed by atoms with Crippen molar-refractivity contribution in [2.45, 2.75) is 18.3 Å². The number of halogens is 2. The van der Waals surface area contributed by atoms with Gasteiger partial charge in [-0.3, -0.25) is 4.90 Å². The number of nitriles is 1. The standard InChI is InChI=1S/C12H14Cl2N2/c1-9(16(2)8-10(13)7-15)11-5-3-4-6-12(11)14/h3-6,9-10H,8H2,1-2H3. The molecule has 0 saturated heterocycles. The molecule has 1 aromatic rings. The summed E-state index contributed by atoms with van der Waals surface area (Å²) in [5, 5.41) is 8.91.